The Morgan fingerprint density at radius 3 is 0.938 bits per heavy atom. The van der Waals surface area contributed by atoms with Crippen molar-refractivity contribution in [2.45, 2.75) is 69.2 Å². The molecule has 556 valence electrons. The smallest absolute Gasteiger partial charge is 0.159 e. The second-order valence-corrected chi connectivity index (χ2v) is 25.5. The van der Waals surface area contributed by atoms with Crippen molar-refractivity contribution in [1.82, 2.24) is 69.8 Å². The minimum atomic E-state index is 0.780. The Kier molecular flexibility index (Phi) is 35.8. The molecule has 0 N–H and O–H groups in total. The molecule has 0 saturated heterocycles. The summed E-state index contributed by atoms with van der Waals surface area (Å²) < 4.78 is 0. The Bertz CT molecular complexity index is 4770. The molecule has 10 heterocycles. The summed E-state index contributed by atoms with van der Waals surface area (Å²) in [6.07, 6.45) is 26.6. The van der Waals surface area contributed by atoms with E-state index in [0.717, 1.165) is 79.6 Å². The number of aryl methyl sites for hydroxylation is 10. The van der Waals surface area contributed by atoms with Crippen LogP contribution in [0.15, 0.2) is 390 Å². The fourth-order valence-corrected chi connectivity index (χ4v) is 10.1. The molecule has 0 aliphatic rings. The molecular formula is C98H94N14. The fraction of sp³-hybridized carbons (Fsp3) is 0.102. The number of pyridine rings is 6. The van der Waals surface area contributed by atoms with Crippen molar-refractivity contribution in [3.63, 3.8) is 0 Å². The second kappa shape index (κ2) is 48.1. The summed E-state index contributed by atoms with van der Waals surface area (Å²) >= 11 is 0. The van der Waals surface area contributed by atoms with Gasteiger partial charge in [-0.25, -0.2) is 44.9 Å². The summed E-state index contributed by atoms with van der Waals surface area (Å²) in [6.45, 7) is 20.3. The Balaban J connectivity index is 0.000000160. The second-order valence-electron chi connectivity index (χ2n) is 25.5. The van der Waals surface area contributed by atoms with Gasteiger partial charge in [0.15, 0.2) is 17.5 Å². The molecule has 7 aromatic carbocycles. The van der Waals surface area contributed by atoms with Gasteiger partial charge in [-0.3, -0.25) is 24.9 Å². The van der Waals surface area contributed by atoms with Crippen LogP contribution in [-0.4, -0.2) is 69.8 Å². The van der Waals surface area contributed by atoms with Crippen LogP contribution >= 0.6 is 0 Å². The Morgan fingerprint density at radius 2 is 0.554 bits per heavy atom. The number of rotatable bonds is 7. The SMILES string of the molecule is Cc1cc(-c2ccccc2)cc(-c2ccccc2)c1.Cc1cc(-c2ccccn2)nc(-c2ccccn2)c1.Cc1ccc(-c2ncccn2)cc1.Cc1cccc(-c2ncccn2)c1.Cc1ccccc1.Cc1ccccn1.Cc1cccnc1.Cc1ccncc1.Cc1cnc(-c2ccccc2)nc1.Cc1ncccn1. The first kappa shape index (κ1) is 83.4. The molecule has 0 bridgehead atoms. The third-order valence-electron chi connectivity index (χ3n) is 15.8. The molecule has 0 atom stereocenters. The van der Waals surface area contributed by atoms with E-state index in [9.17, 15) is 0 Å². The molecule has 0 saturated carbocycles. The van der Waals surface area contributed by atoms with Crippen LogP contribution in [0.1, 0.15) is 56.0 Å². The number of hydrogen-bond acceptors (Lipinski definition) is 14. The molecule has 17 aromatic rings. The van der Waals surface area contributed by atoms with Crippen LogP contribution in [-0.2, 0) is 0 Å². The van der Waals surface area contributed by atoms with Gasteiger partial charge < -0.3 is 0 Å². The molecule has 14 heteroatoms. The fourth-order valence-electron chi connectivity index (χ4n) is 10.1. The molecular weight excluding hydrogens is 1370 g/mol. The zero-order chi connectivity index (χ0) is 79.0. The van der Waals surface area contributed by atoms with Gasteiger partial charge in [-0.15, -0.1) is 0 Å². The third-order valence-corrected chi connectivity index (χ3v) is 15.8. The van der Waals surface area contributed by atoms with Crippen molar-refractivity contribution in [3.8, 4) is 79.2 Å². The van der Waals surface area contributed by atoms with Gasteiger partial charge in [0, 0.05) is 115 Å². The number of aromatic nitrogens is 14. The number of hydrogen-bond donors (Lipinski definition) is 0. The number of nitrogens with zero attached hydrogens (tertiary/aromatic N) is 14. The van der Waals surface area contributed by atoms with Crippen molar-refractivity contribution in [3.05, 3.63) is 446 Å². The maximum Gasteiger partial charge on any atom is 0.159 e. The summed E-state index contributed by atoms with van der Waals surface area (Å²) in [4.78, 5) is 57.9. The highest BCUT2D eigenvalue weighted by molar-refractivity contribution is 5.74. The Hall–Kier alpha value is -14.2. The van der Waals surface area contributed by atoms with Crippen molar-refractivity contribution in [1.29, 1.82) is 0 Å². The molecule has 14 nitrogen and oxygen atoms in total. The summed E-state index contributed by atoms with van der Waals surface area (Å²) in [6, 6.07) is 99.3. The highest BCUT2D eigenvalue weighted by Gasteiger charge is 2.08. The van der Waals surface area contributed by atoms with E-state index < -0.39 is 0 Å². The van der Waals surface area contributed by atoms with Gasteiger partial charge in [0.2, 0.25) is 0 Å². The lowest BCUT2D eigenvalue weighted by Gasteiger charge is -2.08. The lowest BCUT2D eigenvalue weighted by atomic mass is 9.97. The quantitative estimate of drug-likeness (QED) is 0.147. The summed E-state index contributed by atoms with van der Waals surface area (Å²) in [7, 11) is 0. The molecule has 0 fully saturated rings. The average molecular weight is 1470 g/mol. The Morgan fingerprint density at radius 1 is 0.170 bits per heavy atom. The highest BCUT2D eigenvalue weighted by Crippen LogP contribution is 2.29. The van der Waals surface area contributed by atoms with E-state index in [1.165, 1.54) is 55.6 Å². The minimum absolute atomic E-state index is 0.780. The molecule has 10 aromatic heterocycles. The minimum Gasteiger partial charge on any atom is -0.265 e. The van der Waals surface area contributed by atoms with Gasteiger partial charge >= 0.3 is 0 Å². The largest absolute Gasteiger partial charge is 0.265 e. The van der Waals surface area contributed by atoms with E-state index in [4.69, 9.17) is 0 Å². The van der Waals surface area contributed by atoms with Crippen LogP contribution in [0.4, 0.5) is 0 Å². The monoisotopic (exact) mass is 1470 g/mol. The van der Waals surface area contributed by atoms with Gasteiger partial charge in [0.25, 0.3) is 0 Å². The van der Waals surface area contributed by atoms with E-state index in [1.807, 2.05) is 229 Å². The van der Waals surface area contributed by atoms with Crippen LogP contribution in [0, 0.1) is 69.2 Å². The maximum absolute atomic E-state index is 4.65. The lowest BCUT2D eigenvalue weighted by Crippen LogP contribution is -1.93. The van der Waals surface area contributed by atoms with Crippen LogP contribution < -0.4 is 0 Å². The first-order chi connectivity index (χ1) is 54.7. The molecule has 0 amide bonds. The number of benzene rings is 7. The topological polar surface area (TPSA) is 180 Å². The van der Waals surface area contributed by atoms with E-state index in [2.05, 4.69) is 220 Å². The first-order valence-electron chi connectivity index (χ1n) is 36.6. The molecule has 112 heavy (non-hydrogen) atoms. The zero-order valence-corrected chi connectivity index (χ0v) is 65.2. The molecule has 0 spiro atoms. The van der Waals surface area contributed by atoms with Gasteiger partial charge in [-0.1, -0.05) is 217 Å². The highest BCUT2D eigenvalue weighted by atomic mass is 14.9. The predicted molar refractivity (Wildman–Crippen MR) is 459 cm³/mol. The normalized spacial score (nSPS) is 9.70. The zero-order valence-electron chi connectivity index (χ0n) is 65.2. The molecule has 0 aliphatic heterocycles. The van der Waals surface area contributed by atoms with Gasteiger partial charge in [0.05, 0.1) is 22.8 Å². The molecule has 0 unspecified atom stereocenters. The molecule has 17 rings (SSSR count). The lowest BCUT2D eigenvalue weighted by molar-refractivity contribution is 1.05. The van der Waals surface area contributed by atoms with Crippen LogP contribution in [0.2, 0.25) is 0 Å². The standard InChI is InChI=1S/C19H16.C16H13N3.3C11H10N2.C7H8.3C6H7N.C5H6N2/c1-15-12-18(16-8-4-2-5-9-16)14-19(13-15)17-10-6-3-7-11-17;1-12-10-15(13-6-2-4-8-17-13)19-16(11-12)14-7-3-5-9-18-14;1-9-3-5-10(6-4-9)11-12-7-2-8-13-11;1-9-4-2-5-10(8-9)11-12-6-3-7-13-11;1-9-7-12-11(13-8-9)10-5-3-2-4-6-10;1-7-5-3-2-4-6-7;1-6-2-4-7-5-3-6;1-6-3-2-4-7-5-6;1-6-4-2-3-5-7-6;1-5-6-3-2-4-7-5/h2-14H,1H3;2-11H,1H3;3*2-8H,1H3;2-6H,1H3;3*2-5H,1H3;2-4H,1H3. The van der Waals surface area contributed by atoms with Gasteiger partial charge in [-0.05, 0) is 216 Å². The van der Waals surface area contributed by atoms with Crippen molar-refractivity contribution in [2.75, 3.05) is 0 Å². The van der Waals surface area contributed by atoms with E-state index in [1.54, 1.807) is 80.4 Å². The average Bonchev–Trinajstić information content (AvgIpc) is 0.830. The summed E-state index contributed by atoms with van der Waals surface area (Å²) in [5.41, 5.74) is 22.7. The Labute approximate surface area is 660 Å². The summed E-state index contributed by atoms with van der Waals surface area (Å²) in [5.74, 6) is 3.17. The van der Waals surface area contributed by atoms with Crippen molar-refractivity contribution >= 4 is 0 Å². The third kappa shape index (κ3) is 32.1. The van der Waals surface area contributed by atoms with Crippen LogP contribution in [0.5, 0.6) is 0 Å². The van der Waals surface area contributed by atoms with Gasteiger partial charge in [0.1, 0.15) is 5.82 Å². The van der Waals surface area contributed by atoms with E-state index in [0.29, 0.717) is 0 Å². The molecule has 0 aliphatic carbocycles. The van der Waals surface area contributed by atoms with Crippen molar-refractivity contribution < 1.29 is 0 Å². The van der Waals surface area contributed by atoms with E-state index >= 15 is 0 Å². The van der Waals surface area contributed by atoms with Gasteiger partial charge in [-0.2, -0.15) is 0 Å². The summed E-state index contributed by atoms with van der Waals surface area (Å²) in [5, 5.41) is 0. The molecule has 0 radical (unpaired) electrons. The van der Waals surface area contributed by atoms with Crippen LogP contribution in [0.25, 0.3) is 79.2 Å². The van der Waals surface area contributed by atoms with Crippen LogP contribution in [0.3, 0.4) is 0 Å². The predicted octanol–water partition coefficient (Wildman–Crippen LogP) is 23.1. The van der Waals surface area contributed by atoms with E-state index in [-0.39, 0.29) is 0 Å². The first-order valence-corrected chi connectivity index (χ1v) is 36.6. The maximum atomic E-state index is 4.65. The van der Waals surface area contributed by atoms with Crippen molar-refractivity contribution in [2.24, 2.45) is 0 Å².